The summed E-state index contributed by atoms with van der Waals surface area (Å²) in [6.07, 6.45) is -0.719. The lowest BCUT2D eigenvalue weighted by Crippen LogP contribution is -2.49. The van der Waals surface area contributed by atoms with Crippen LogP contribution in [0.4, 0.5) is 0 Å². The minimum Gasteiger partial charge on any atom is -0.478 e. The summed E-state index contributed by atoms with van der Waals surface area (Å²) in [6, 6.07) is 6.05. The van der Waals surface area contributed by atoms with Gasteiger partial charge in [0.1, 0.15) is 24.4 Å². The highest BCUT2D eigenvalue weighted by molar-refractivity contribution is 6.02. The second kappa shape index (κ2) is 8.24. The number of aliphatic hydroxyl groups excluding tert-OH is 1. The van der Waals surface area contributed by atoms with Crippen molar-refractivity contribution in [3.8, 4) is 0 Å². The number of carbonyl (C=O) groups excluding carboxylic acids is 1. The zero-order valence-corrected chi connectivity index (χ0v) is 20.1. The van der Waals surface area contributed by atoms with Crippen molar-refractivity contribution >= 4 is 11.9 Å². The van der Waals surface area contributed by atoms with E-state index in [9.17, 15) is 19.8 Å². The number of carboxylic acid groups (broad SMARTS) is 1. The SMILES string of the molecule is C[C@@H]1[C@@H]2OC3[C@@H](O)[C@H]1O[C@@H]3[C@H]2C.C[C@@H]1[C@@H]2OC3[C@@H](OC(=O)c4ccccc4C(=O)O)[C@H]1O[C@@H]3[C@H]2C. The lowest BCUT2D eigenvalue weighted by Gasteiger charge is -2.38. The molecule has 0 aliphatic carbocycles. The van der Waals surface area contributed by atoms with Gasteiger partial charge in [0.15, 0.2) is 6.10 Å². The Morgan fingerprint density at radius 1 is 0.686 bits per heavy atom. The van der Waals surface area contributed by atoms with Gasteiger partial charge in [0.05, 0.1) is 41.6 Å². The molecular formula is C26H32O9. The molecule has 35 heavy (non-hydrogen) atoms. The minimum atomic E-state index is -1.15. The van der Waals surface area contributed by atoms with Gasteiger partial charge in [-0.05, 0) is 12.1 Å². The van der Waals surface area contributed by atoms with E-state index in [1.54, 1.807) is 12.1 Å². The second-order valence-corrected chi connectivity index (χ2v) is 10.9. The maximum absolute atomic E-state index is 12.5. The molecule has 8 fully saturated rings. The topological polar surface area (TPSA) is 121 Å². The molecule has 0 amide bonds. The second-order valence-electron chi connectivity index (χ2n) is 10.9. The molecule has 8 aliphatic rings. The van der Waals surface area contributed by atoms with Crippen LogP contribution in [-0.2, 0) is 23.7 Å². The molecule has 1 aromatic rings. The molecular weight excluding hydrogens is 456 g/mol. The average molecular weight is 489 g/mol. The summed E-state index contributed by atoms with van der Waals surface area (Å²) in [7, 11) is 0. The molecule has 1 aromatic carbocycles. The van der Waals surface area contributed by atoms with Crippen molar-refractivity contribution < 1.29 is 43.5 Å². The monoisotopic (exact) mass is 488 g/mol. The van der Waals surface area contributed by atoms with Crippen molar-refractivity contribution in [2.24, 2.45) is 23.7 Å². The number of benzene rings is 1. The van der Waals surface area contributed by atoms with E-state index in [0.717, 1.165) is 0 Å². The van der Waals surface area contributed by atoms with E-state index in [0.29, 0.717) is 17.9 Å². The standard InChI is InChI=1S/C17H18O6.C9H14O3/c1-7-11-8(2)13-15(14(21-11)12(7)22-13)23-17(20)10-6-4-3-5-9(10)16(18)19;1-3-6-4(2)8-9(11-6)5(10)7(3)12-8/h3-8,11-15H,1-2H3,(H,18,19);3-10H,1-2H3/t7-,8+,11+,12+,13-,14?,15-;3-,4+,5+,6+,7+,8-,9?/m01/s1. The van der Waals surface area contributed by atoms with Crippen molar-refractivity contribution in [1.29, 1.82) is 0 Å². The maximum atomic E-state index is 12.5. The number of esters is 1. The first-order valence-corrected chi connectivity index (χ1v) is 12.5. The largest absolute Gasteiger partial charge is 0.478 e. The molecule has 2 N–H and O–H groups in total. The quantitative estimate of drug-likeness (QED) is 0.615. The summed E-state index contributed by atoms with van der Waals surface area (Å²) in [5, 5.41) is 18.9. The molecule has 9 heteroatoms. The molecule has 8 saturated heterocycles. The Hall–Kier alpha value is -2.04. The fourth-order valence-corrected chi connectivity index (χ4v) is 7.18. The third-order valence-electron chi connectivity index (χ3n) is 8.99. The van der Waals surface area contributed by atoms with Gasteiger partial charge < -0.3 is 33.9 Å². The van der Waals surface area contributed by atoms with Crippen LogP contribution in [0, 0.1) is 23.7 Å². The molecule has 2 unspecified atom stereocenters. The lowest BCUT2D eigenvalue weighted by atomic mass is 9.87. The molecule has 9 rings (SSSR count). The molecule has 190 valence electrons. The number of aromatic carboxylic acids is 1. The predicted octanol–water partition coefficient (Wildman–Crippen LogP) is 1.90. The Kier molecular flexibility index (Phi) is 5.50. The van der Waals surface area contributed by atoms with E-state index in [-0.39, 0.29) is 71.8 Å². The average Bonchev–Trinajstić information content (AvgIpc) is 3.46. The van der Waals surface area contributed by atoms with E-state index < -0.39 is 18.0 Å². The first-order valence-electron chi connectivity index (χ1n) is 12.5. The van der Waals surface area contributed by atoms with Crippen LogP contribution in [0.5, 0.6) is 0 Å². The van der Waals surface area contributed by atoms with Crippen LogP contribution in [0.25, 0.3) is 0 Å². The summed E-state index contributed by atoms with van der Waals surface area (Å²) in [5.41, 5.74) is -0.00812. The number of aliphatic hydroxyl groups is 1. The molecule has 9 nitrogen and oxygen atoms in total. The molecule has 0 spiro atoms. The highest BCUT2D eigenvalue weighted by Crippen LogP contribution is 2.51. The molecule has 14 atom stereocenters. The van der Waals surface area contributed by atoms with E-state index in [4.69, 9.17) is 23.7 Å². The number of hydrogen-bond donors (Lipinski definition) is 2. The van der Waals surface area contributed by atoms with Gasteiger partial charge in [0.25, 0.3) is 0 Å². The van der Waals surface area contributed by atoms with Gasteiger partial charge in [-0.3, -0.25) is 0 Å². The summed E-state index contributed by atoms with van der Waals surface area (Å²) in [5.74, 6) is -0.561. The predicted molar refractivity (Wildman–Crippen MR) is 120 cm³/mol. The highest BCUT2D eigenvalue weighted by Gasteiger charge is 2.65. The van der Waals surface area contributed by atoms with Crippen LogP contribution >= 0.6 is 0 Å². The number of carbonyl (C=O) groups is 2. The van der Waals surface area contributed by atoms with Gasteiger partial charge in [0.2, 0.25) is 0 Å². The Morgan fingerprint density at radius 3 is 1.80 bits per heavy atom. The van der Waals surface area contributed by atoms with Crippen molar-refractivity contribution in [2.75, 3.05) is 0 Å². The Labute approximate surface area is 203 Å². The Bertz CT molecular complexity index is 994. The van der Waals surface area contributed by atoms with Gasteiger partial charge in [-0.25, -0.2) is 9.59 Å². The summed E-state index contributed by atoms with van der Waals surface area (Å²) >= 11 is 0. The van der Waals surface area contributed by atoms with Crippen molar-refractivity contribution in [3.63, 3.8) is 0 Å². The first-order chi connectivity index (χ1) is 16.7. The zero-order chi connectivity index (χ0) is 24.8. The third-order valence-corrected chi connectivity index (χ3v) is 8.99. The number of hydrogen-bond acceptors (Lipinski definition) is 8. The fourth-order valence-electron chi connectivity index (χ4n) is 7.18. The van der Waals surface area contributed by atoms with E-state index in [2.05, 4.69) is 20.8 Å². The third kappa shape index (κ3) is 3.32. The fraction of sp³-hybridized carbons (Fsp3) is 0.692. The van der Waals surface area contributed by atoms with Crippen LogP contribution in [0.2, 0.25) is 0 Å². The van der Waals surface area contributed by atoms with Crippen LogP contribution in [0.3, 0.4) is 0 Å². The van der Waals surface area contributed by atoms with Crippen LogP contribution in [0.1, 0.15) is 48.4 Å². The summed E-state index contributed by atoms with van der Waals surface area (Å²) in [6.45, 7) is 8.38. The van der Waals surface area contributed by atoms with Crippen molar-refractivity contribution in [3.05, 3.63) is 35.4 Å². The van der Waals surface area contributed by atoms with Crippen LogP contribution in [-0.4, -0.2) is 83.2 Å². The van der Waals surface area contributed by atoms with Gasteiger partial charge in [-0.15, -0.1) is 0 Å². The first kappa shape index (κ1) is 23.4. The van der Waals surface area contributed by atoms with Gasteiger partial charge >= 0.3 is 11.9 Å². The lowest BCUT2D eigenvalue weighted by molar-refractivity contribution is -0.152. The number of rotatable bonds is 3. The molecule has 0 aromatic heterocycles. The van der Waals surface area contributed by atoms with Crippen molar-refractivity contribution in [2.45, 2.75) is 88.7 Å². The number of carboxylic acids is 1. The maximum Gasteiger partial charge on any atom is 0.339 e. The van der Waals surface area contributed by atoms with Crippen LogP contribution in [0.15, 0.2) is 24.3 Å². The number of ether oxygens (including phenoxy) is 5. The Balaban J connectivity index is 0.000000159. The molecule has 0 saturated carbocycles. The van der Waals surface area contributed by atoms with Gasteiger partial charge in [-0.1, -0.05) is 39.8 Å². The smallest absolute Gasteiger partial charge is 0.339 e. The summed E-state index contributed by atoms with van der Waals surface area (Å²) < 4.78 is 29.0. The Morgan fingerprint density at radius 2 is 1.17 bits per heavy atom. The highest BCUT2D eigenvalue weighted by atomic mass is 16.6. The van der Waals surface area contributed by atoms with Crippen molar-refractivity contribution in [1.82, 2.24) is 0 Å². The zero-order valence-electron chi connectivity index (χ0n) is 20.1. The molecule has 8 bridgehead atoms. The summed E-state index contributed by atoms with van der Waals surface area (Å²) in [4.78, 5) is 23.7. The normalized spacial score (nSPS) is 49.7. The van der Waals surface area contributed by atoms with E-state index in [1.807, 2.05) is 6.92 Å². The molecule has 0 radical (unpaired) electrons. The van der Waals surface area contributed by atoms with Gasteiger partial charge in [0, 0.05) is 23.7 Å². The van der Waals surface area contributed by atoms with Crippen LogP contribution < -0.4 is 0 Å². The molecule has 8 heterocycles. The minimum absolute atomic E-state index is 0.0359. The van der Waals surface area contributed by atoms with E-state index >= 15 is 0 Å². The van der Waals surface area contributed by atoms with Gasteiger partial charge in [-0.2, -0.15) is 0 Å². The van der Waals surface area contributed by atoms with E-state index in [1.165, 1.54) is 12.1 Å². The molecule has 8 aliphatic heterocycles.